The molecule has 0 saturated heterocycles. The lowest BCUT2D eigenvalue weighted by atomic mass is 10.1. The lowest BCUT2D eigenvalue weighted by Gasteiger charge is -2.06. The van der Waals surface area contributed by atoms with Crippen molar-refractivity contribution in [3.05, 3.63) is 29.6 Å². The van der Waals surface area contributed by atoms with Crippen LogP contribution in [0.2, 0.25) is 0 Å². The summed E-state index contributed by atoms with van der Waals surface area (Å²) in [5.74, 6) is -0.644. The van der Waals surface area contributed by atoms with Crippen molar-refractivity contribution in [2.24, 2.45) is 0 Å². The molecule has 0 aliphatic rings. The molecule has 0 aromatic heterocycles. The van der Waals surface area contributed by atoms with Crippen molar-refractivity contribution >= 4 is 16.4 Å². The molecule has 13 heavy (non-hydrogen) atoms. The predicted molar refractivity (Wildman–Crippen MR) is 49.5 cm³/mol. The predicted octanol–water partition coefficient (Wildman–Crippen LogP) is 1.08. The first-order valence-corrected chi connectivity index (χ1v) is 4.96. The highest BCUT2D eigenvalue weighted by Crippen LogP contribution is 2.22. The summed E-state index contributed by atoms with van der Waals surface area (Å²) in [5, 5.41) is -0.835. The molecular weight excluding hydrogens is 193 g/mol. The summed E-state index contributed by atoms with van der Waals surface area (Å²) >= 11 is 0. The maximum atomic E-state index is 13.2. The van der Waals surface area contributed by atoms with Crippen LogP contribution in [-0.2, 0) is 10.7 Å². The third kappa shape index (κ3) is 1.98. The van der Waals surface area contributed by atoms with E-state index >= 15 is 0 Å². The average Bonchev–Trinajstić information content (AvgIpc) is 2.08. The Kier molecular flexibility index (Phi) is 2.87. The highest BCUT2D eigenvalue weighted by molar-refractivity contribution is 7.72. The normalized spacial score (nSPS) is 13.2. The average molecular weight is 203 g/mol. The van der Waals surface area contributed by atoms with Crippen LogP contribution in [0.4, 0.5) is 10.1 Å². The molecule has 1 unspecified atom stereocenters. The monoisotopic (exact) mass is 203 g/mol. The Labute approximate surface area is 77.3 Å². The Balaban J connectivity index is 3.22. The van der Waals surface area contributed by atoms with Crippen molar-refractivity contribution in [3.8, 4) is 0 Å². The van der Waals surface area contributed by atoms with Gasteiger partial charge in [-0.05, 0) is 13.0 Å². The van der Waals surface area contributed by atoms with Crippen LogP contribution in [0.15, 0.2) is 18.2 Å². The maximum Gasteiger partial charge on any atom is 0.150 e. The second-order valence-electron chi connectivity index (χ2n) is 2.71. The molecule has 0 saturated carbocycles. The van der Waals surface area contributed by atoms with Crippen molar-refractivity contribution in [1.82, 2.24) is 0 Å². The summed E-state index contributed by atoms with van der Waals surface area (Å²) in [5.41, 5.74) is 5.38. The zero-order valence-electron chi connectivity index (χ0n) is 7.03. The van der Waals surface area contributed by atoms with Gasteiger partial charge in [0.05, 0.1) is 10.9 Å². The molecule has 1 aromatic carbocycles. The Morgan fingerprint density at radius 2 is 2.08 bits per heavy atom. The van der Waals surface area contributed by atoms with E-state index in [1.807, 2.05) is 0 Å². The molecule has 0 fully saturated rings. The molecule has 3 nitrogen and oxygen atoms in total. The number of rotatable bonds is 2. The van der Waals surface area contributed by atoms with Gasteiger partial charge >= 0.3 is 0 Å². The number of hydrogen-bond acceptors (Lipinski definition) is 3. The van der Waals surface area contributed by atoms with Gasteiger partial charge in [0.25, 0.3) is 0 Å². The summed E-state index contributed by atoms with van der Waals surface area (Å²) in [6.07, 6.45) is 0. The molecule has 5 heteroatoms. The topological polar surface area (TPSA) is 60.2 Å². The van der Waals surface area contributed by atoms with Crippen molar-refractivity contribution in [1.29, 1.82) is 0 Å². The fourth-order valence-corrected chi connectivity index (χ4v) is 1.43. The minimum absolute atomic E-state index is 0.0267. The van der Waals surface area contributed by atoms with Crippen LogP contribution < -0.4 is 5.73 Å². The Morgan fingerprint density at radius 1 is 1.46 bits per heavy atom. The van der Waals surface area contributed by atoms with E-state index < -0.39 is 21.8 Å². The van der Waals surface area contributed by atoms with Crippen molar-refractivity contribution in [3.63, 3.8) is 0 Å². The van der Waals surface area contributed by atoms with E-state index in [4.69, 9.17) is 5.73 Å². The summed E-state index contributed by atoms with van der Waals surface area (Å²) in [4.78, 5) is 0. The largest absolute Gasteiger partial charge is 0.396 e. The molecular formula is C8H10FNO2S. The summed E-state index contributed by atoms with van der Waals surface area (Å²) in [7, 11) is -2.66. The third-order valence-electron chi connectivity index (χ3n) is 1.82. The molecule has 72 valence electrons. The summed E-state index contributed by atoms with van der Waals surface area (Å²) in [6, 6.07) is 4.34. The number of benzene rings is 1. The zero-order chi connectivity index (χ0) is 10.0. The Bertz CT molecular complexity index is 382. The molecule has 2 N–H and O–H groups in total. The van der Waals surface area contributed by atoms with Gasteiger partial charge in [0, 0.05) is 5.56 Å². The Hall–Kier alpha value is -1.10. The van der Waals surface area contributed by atoms with Crippen LogP contribution in [-0.4, -0.2) is 8.42 Å². The van der Waals surface area contributed by atoms with Gasteiger partial charge in [0.15, 0.2) is 5.82 Å². The summed E-state index contributed by atoms with van der Waals surface area (Å²) < 4.78 is 34.4. The second kappa shape index (κ2) is 3.74. The van der Waals surface area contributed by atoms with Gasteiger partial charge in [0.2, 0.25) is 0 Å². The van der Waals surface area contributed by atoms with Crippen molar-refractivity contribution in [2.75, 3.05) is 5.73 Å². The van der Waals surface area contributed by atoms with Crippen LogP contribution >= 0.6 is 0 Å². The number of hydrogen-bond donors (Lipinski definition) is 2. The first-order chi connectivity index (χ1) is 6.04. The second-order valence-corrected chi connectivity index (χ2v) is 4.06. The minimum Gasteiger partial charge on any atom is -0.396 e. The van der Waals surface area contributed by atoms with Gasteiger partial charge in [-0.2, -0.15) is 0 Å². The molecule has 0 radical (unpaired) electrons. The molecule has 1 atom stereocenters. The van der Waals surface area contributed by atoms with E-state index in [0.29, 0.717) is 0 Å². The number of nitrogen functional groups attached to an aromatic ring is 1. The zero-order valence-corrected chi connectivity index (χ0v) is 7.92. The number of halogens is 1. The molecule has 1 rings (SSSR count). The number of nitrogens with two attached hydrogens (primary N) is 1. The maximum absolute atomic E-state index is 13.2. The van der Waals surface area contributed by atoms with Crippen LogP contribution in [0.1, 0.15) is 17.7 Å². The smallest absolute Gasteiger partial charge is 0.150 e. The van der Waals surface area contributed by atoms with E-state index in [1.54, 1.807) is 0 Å². The Morgan fingerprint density at radius 3 is 2.62 bits per heavy atom. The van der Waals surface area contributed by atoms with E-state index in [2.05, 4.69) is 0 Å². The molecule has 0 aliphatic heterocycles. The van der Waals surface area contributed by atoms with Gasteiger partial charge in [-0.15, -0.1) is 0 Å². The van der Waals surface area contributed by atoms with E-state index in [9.17, 15) is 12.8 Å². The minimum atomic E-state index is -2.66. The van der Waals surface area contributed by atoms with E-state index in [-0.39, 0.29) is 11.3 Å². The van der Waals surface area contributed by atoms with Gasteiger partial charge in [-0.1, -0.05) is 12.1 Å². The van der Waals surface area contributed by atoms with Gasteiger partial charge in [-0.25, -0.2) is 12.8 Å². The van der Waals surface area contributed by atoms with Crippen LogP contribution in [0.25, 0.3) is 0 Å². The lowest BCUT2D eigenvalue weighted by molar-refractivity contribution is 0.590. The highest BCUT2D eigenvalue weighted by atomic mass is 32.2. The first kappa shape index (κ1) is 9.98. The molecule has 1 aromatic rings. The SMILES string of the molecule is CC(c1cccc(N)c1F)[SH](=O)=O. The quantitative estimate of drug-likeness (QED) is 0.558. The van der Waals surface area contributed by atoms with E-state index in [0.717, 1.165) is 0 Å². The molecule has 0 bridgehead atoms. The number of anilines is 1. The van der Waals surface area contributed by atoms with E-state index in [1.165, 1.54) is 25.1 Å². The molecule has 0 aliphatic carbocycles. The van der Waals surface area contributed by atoms with Gasteiger partial charge in [-0.3, -0.25) is 0 Å². The lowest BCUT2D eigenvalue weighted by Crippen LogP contribution is -2.01. The fourth-order valence-electron chi connectivity index (χ4n) is 1.00. The molecule has 0 heterocycles. The third-order valence-corrected chi connectivity index (χ3v) is 2.74. The van der Waals surface area contributed by atoms with Crippen molar-refractivity contribution in [2.45, 2.75) is 12.2 Å². The highest BCUT2D eigenvalue weighted by Gasteiger charge is 2.14. The van der Waals surface area contributed by atoms with Crippen LogP contribution in [0.5, 0.6) is 0 Å². The fraction of sp³-hybridized carbons (Fsp3) is 0.250. The first-order valence-electron chi connectivity index (χ1n) is 3.71. The van der Waals surface area contributed by atoms with Crippen molar-refractivity contribution < 1.29 is 12.8 Å². The number of thiol groups is 1. The van der Waals surface area contributed by atoms with Gasteiger partial charge in [0.1, 0.15) is 10.7 Å². The standard InChI is InChI=1S/C8H10FNO2S/c1-5(13(11)12)6-3-2-4-7(10)8(6)9/h2-5,13H,10H2,1H3. The van der Waals surface area contributed by atoms with Crippen LogP contribution in [0, 0.1) is 5.82 Å². The molecule has 0 amide bonds. The van der Waals surface area contributed by atoms with Gasteiger partial charge < -0.3 is 5.73 Å². The van der Waals surface area contributed by atoms with Crippen LogP contribution in [0.3, 0.4) is 0 Å². The summed E-state index contributed by atoms with van der Waals surface area (Å²) in [6.45, 7) is 1.42. The molecule has 0 spiro atoms.